The van der Waals surface area contributed by atoms with Gasteiger partial charge in [-0.1, -0.05) is 43.5 Å². The minimum Gasteiger partial charge on any atom is -0.459 e. The Balaban J connectivity index is 1.71. The standard InChI is InChI=1S/C27H20F2O5/c1-4-26(30)34-21-10-11-22(23(28)16-21)19-7-5-18(6-8-19)20-9-12-25(24(29)15-20)32-13-14-33-27(31)17(2)3/h4-16H,1-2H2,3H3. The molecule has 0 fully saturated rings. The second-order valence-electron chi connectivity index (χ2n) is 7.07. The van der Waals surface area contributed by atoms with E-state index >= 15 is 0 Å². The molecule has 3 aromatic rings. The van der Waals surface area contributed by atoms with Crippen molar-refractivity contribution in [3.8, 4) is 33.8 Å². The van der Waals surface area contributed by atoms with Crippen molar-refractivity contribution in [2.45, 2.75) is 6.92 Å². The monoisotopic (exact) mass is 462 g/mol. The Morgan fingerprint density at radius 2 is 1.53 bits per heavy atom. The summed E-state index contributed by atoms with van der Waals surface area (Å²) >= 11 is 0. The summed E-state index contributed by atoms with van der Waals surface area (Å²) in [5.74, 6) is -2.45. The van der Waals surface area contributed by atoms with Gasteiger partial charge >= 0.3 is 11.9 Å². The highest BCUT2D eigenvalue weighted by atomic mass is 19.1. The summed E-state index contributed by atoms with van der Waals surface area (Å²) in [7, 11) is 0. The summed E-state index contributed by atoms with van der Waals surface area (Å²) in [6.45, 7) is 8.23. The Hall–Kier alpha value is -4.52. The van der Waals surface area contributed by atoms with Crippen LogP contribution in [0.1, 0.15) is 6.92 Å². The fourth-order valence-electron chi connectivity index (χ4n) is 2.86. The van der Waals surface area contributed by atoms with Gasteiger partial charge in [0.25, 0.3) is 0 Å². The number of benzene rings is 3. The van der Waals surface area contributed by atoms with Crippen molar-refractivity contribution in [3.05, 3.63) is 110 Å². The predicted octanol–water partition coefficient (Wildman–Crippen LogP) is 6.36. The van der Waals surface area contributed by atoms with Crippen molar-refractivity contribution in [2.75, 3.05) is 0 Å². The molecule has 0 N–H and O–H groups in total. The smallest absolute Gasteiger partial charge is 0.338 e. The van der Waals surface area contributed by atoms with Crippen molar-refractivity contribution < 1.29 is 32.6 Å². The molecule has 0 unspecified atom stereocenters. The Bertz CT molecular complexity index is 1280. The fourth-order valence-corrected chi connectivity index (χ4v) is 2.86. The van der Waals surface area contributed by atoms with E-state index in [1.54, 1.807) is 30.3 Å². The molecule has 0 atom stereocenters. The molecule has 0 saturated carbocycles. The lowest BCUT2D eigenvalue weighted by Crippen LogP contribution is -2.03. The van der Waals surface area contributed by atoms with Gasteiger partial charge in [-0.15, -0.1) is 0 Å². The number of carbonyl (C=O) groups excluding carboxylic acids is 2. The van der Waals surface area contributed by atoms with E-state index in [1.807, 2.05) is 0 Å². The van der Waals surface area contributed by atoms with Crippen LogP contribution in [0.4, 0.5) is 8.78 Å². The highest BCUT2D eigenvalue weighted by Crippen LogP contribution is 2.30. The van der Waals surface area contributed by atoms with Crippen LogP contribution in [0.3, 0.4) is 0 Å². The predicted molar refractivity (Wildman–Crippen MR) is 124 cm³/mol. The van der Waals surface area contributed by atoms with Gasteiger partial charge in [0, 0.05) is 23.3 Å². The van der Waals surface area contributed by atoms with Crippen LogP contribution in [0.2, 0.25) is 0 Å². The van der Waals surface area contributed by atoms with Crippen LogP contribution >= 0.6 is 0 Å². The summed E-state index contributed by atoms with van der Waals surface area (Å²) in [5, 5.41) is 0. The molecule has 7 heteroatoms. The minimum atomic E-state index is -0.678. The number of carbonyl (C=O) groups is 2. The SMILES string of the molecule is C=CC(=O)Oc1ccc(-c2ccc(-c3ccc(OC=COC(=O)C(=C)C)c(F)c3)cc2)c(F)c1. The highest BCUT2D eigenvalue weighted by molar-refractivity contribution is 5.87. The zero-order valence-corrected chi connectivity index (χ0v) is 18.2. The van der Waals surface area contributed by atoms with Gasteiger partial charge in [0.2, 0.25) is 0 Å². The van der Waals surface area contributed by atoms with Crippen molar-refractivity contribution in [2.24, 2.45) is 0 Å². The van der Waals surface area contributed by atoms with Crippen LogP contribution < -0.4 is 9.47 Å². The minimum absolute atomic E-state index is 0.0534. The van der Waals surface area contributed by atoms with Gasteiger partial charge < -0.3 is 14.2 Å². The Kier molecular flexibility index (Phi) is 7.71. The third kappa shape index (κ3) is 6.04. The zero-order chi connectivity index (χ0) is 24.7. The number of hydrogen-bond donors (Lipinski definition) is 0. The molecule has 0 heterocycles. The second kappa shape index (κ2) is 10.9. The van der Waals surface area contributed by atoms with E-state index in [-0.39, 0.29) is 17.1 Å². The van der Waals surface area contributed by atoms with E-state index in [2.05, 4.69) is 13.2 Å². The number of esters is 2. The third-order valence-electron chi connectivity index (χ3n) is 4.56. The summed E-state index contributed by atoms with van der Waals surface area (Å²) in [6.07, 6.45) is 3.04. The average Bonchev–Trinajstić information content (AvgIpc) is 2.82. The molecule has 0 aliphatic heterocycles. The van der Waals surface area contributed by atoms with Crippen LogP contribution in [0.25, 0.3) is 22.3 Å². The van der Waals surface area contributed by atoms with E-state index in [4.69, 9.17) is 14.2 Å². The first kappa shape index (κ1) is 24.1. The van der Waals surface area contributed by atoms with E-state index in [0.29, 0.717) is 22.3 Å². The molecule has 0 saturated heterocycles. The van der Waals surface area contributed by atoms with Gasteiger partial charge in [0.15, 0.2) is 11.6 Å². The third-order valence-corrected chi connectivity index (χ3v) is 4.56. The van der Waals surface area contributed by atoms with Crippen LogP contribution in [0, 0.1) is 11.6 Å². The zero-order valence-electron chi connectivity index (χ0n) is 18.2. The number of hydrogen-bond acceptors (Lipinski definition) is 5. The summed E-state index contributed by atoms with van der Waals surface area (Å²) in [4.78, 5) is 22.5. The lowest BCUT2D eigenvalue weighted by Gasteiger charge is -2.09. The number of rotatable bonds is 8. The number of ether oxygens (including phenoxy) is 3. The maximum Gasteiger partial charge on any atom is 0.338 e. The van der Waals surface area contributed by atoms with E-state index in [0.717, 1.165) is 24.7 Å². The van der Waals surface area contributed by atoms with E-state index < -0.39 is 23.6 Å². The molecule has 0 amide bonds. The van der Waals surface area contributed by atoms with Gasteiger partial charge in [0.05, 0.1) is 0 Å². The molecular formula is C27H20F2O5. The van der Waals surface area contributed by atoms with Crippen LogP contribution in [-0.4, -0.2) is 11.9 Å². The van der Waals surface area contributed by atoms with Gasteiger partial charge in [0.1, 0.15) is 24.1 Å². The molecule has 3 aromatic carbocycles. The van der Waals surface area contributed by atoms with Crippen LogP contribution in [0.5, 0.6) is 11.5 Å². The molecule has 3 rings (SSSR count). The first-order chi connectivity index (χ1) is 16.3. The molecule has 0 spiro atoms. The molecule has 0 aromatic heterocycles. The van der Waals surface area contributed by atoms with Gasteiger partial charge in [-0.2, -0.15) is 0 Å². The average molecular weight is 462 g/mol. The molecular weight excluding hydrogens is 442 g/mol. The molecule has 0 radical (unpaired) electrons. The van der Waals surface area contributed by atoms with Crippen molar-refractivity contribution in [3.63, 3.8) is 0 Å². The number of halogens is 2. The van der Waals surface area contributed by atoms with Crippen LogP contribution in [0.15, 0.2) is 98.0 Å². The Morgan fingerprint density at radius 3 is 2.15 bits per heavy atom. The Morgan fingerprint density at radius 1 is 0.853 bits per heavy atom. The Labute approximate surface area is 195 Å². The maximum absolute atomic E-state index is 14.5. The second-order valence-corrected chi connectivity index (χ2v) is 7.07. The first-order valence-electron chi connectivity index (χ1n) is 10.0. The van der Waals surface area contributed by atoms with Crippen molar-refractivity contribution in [1.29, 1.82) is 0 Å². The van der Waals surface area contributed by atoms with Gasteiger partial charge in [-0.25, -0.2) is 18.4 Å². The largest absolute Gasteiger partial charge is 0.459 e. The lowest BCUT2D eigenvalue weighted by molar-refractivity contribution is -0.133. The van der Waals surface area contributed by atoms with E-state index in [9.17, 15) is 18.4 Å². The van der Waals surface area contributed by atoms with Crippen molar-refractivity contribution in [1.82, 2.24) is 0 Å². The van der Waals surface area contributed by atoms with E-state index in [1.165, 1.54) is 31.2 Å². The normalized spacial score (nSPS) is 10.6. The van der Waals surface area contributed by atoms with Crippen LogP contribution in [-0.2, 0) is 14.3 Å². The molecule has 0 aliphatic carbocycles. The van der Waals surface area contributed by atoms with Crippen molar-refractivity contribution >= 4 is 11.9 Å². The summed E-state index contributed by atoms with van der Waals surface area (Å²) < 4.78 is 43.7. The van der Waals surface area contributed by atoms with Gasteiger partial charge in [-0.3, -0.25) is 0 Å². The van der Waals surface area contributed by atoms with Gasteiger partial charge in [-0.05, 0) is 47.9 Å². The summed E-state index contributed by atoms with van der Waals surface area (Å²) in [6, 6.07) is 15.3. The maximum atomic E-state index is 14.5. The molecule has 34 heavy (non-hydrogen) atoms. The summed E-state index contributed by atoms with van der Waals surface area (Å²) in [5.41, 5.74) is 2.43. The molecule has 0 aliphatic rings. The lowest BCUT2D eigenvalue weighted by atomic mass is 10.00. The fraction of sp³-hybridized carbons (Fsp3) is 0.0370. The highest BCUT2D eigenvalue weighted by Gasteiger charge is 2.10. The topological polar surface area (TPSA) is 61.8 Å². The first-order valence-corrected chi connectivity index (χ1v) is 10.0. The quantitative estimate of drug-likeness (QED) is 0.169. The molecule has 5 nitrogen and oxygen atoms in total. The molecule has 0 bridgehead atoms. The molecule has 172 valence electrons.